The summed E-state index contributed by atoms with van der Waals surface area (Å²) in [5.41, 5.74) is 19.3. The monoisotopic (exact) mass is 962 g/mol. The zero-order chi connectivity index (χ0) is 49.0. The number of nitrogens with zero attached hydrogens (tertiary/aromatic N) is 10. The summed E-state index contributed by atoms with van der Waals surface area (Å²) in [6.45, 7) is 7.13. The number of piperidine rings is 2. The molecule has 2 aromatic heterocycles. The summed E-state index contributed by atoms with van der Waals surface area (Å²) in [6, 6.07) is 13.9. The molecule has 70 heavy (non-hydrogen) atoms. The minimum absolute atomic E-state index is 0.000510. The number of aromatic nitrogens is 6. The molecule has 0 unspecified atom stereocenters. The van der Waals surface area contributed by atoms with E-state index in [9.17, 15) is 24.0 Å². The van der Waals surface area contributed by atoms with Crippen molar-refractivity contribution in [1.82, 2.24) is 45.5 Å². The predicted octanol–water partition coefficient (Wildman–Crippen LogP) is 1.97. The molecule has 9 rings (SSSR count). The van der Waals surface area contributed by atoms with Gasteiger partial charge in [-0.1, -0.05) is 19.3 Å². The van der Waals surface area contributed by atoms with Crippen molar-refractivity contribution in [3.05, 3.63) is 71.0 Å². The number of ether oxygens (including phenoxy) is 2. The van der Waals surface area contributed by atoms with Crippen molar-refractivity contribution in [2.75, 3.05) is 99.2 Å². The molecule has 1 saturated carbocycles. The van der Waals surface area contributed by atoms with Gasteiger partial charge in [-0.05, 0) is 87.1 Å². The molecule has 23 nitrogen and oxygen atoms in total. The lowest BCUT2D eigenvalue weighted by atomic mass is 9.88. The summed E-state index contributed by atoms with van der Waals surface area (Å²) >= 11 is 0. The highest BCUT2D eigenvalue weighted by molar-refractivity contribution is 5.98. The molecule has 2 atom stereocenters. The van der Waals surface area contributed by atoms with Gasteiger partial charge in [-0.3, -0.25) is 24.0 Å². The van der Waals surface area contributed by atoms with Crippen LogP contribution in [-0.4, -0.2) is 161 Å². The van der Waals surface area contributed by atoms with Crippen LogP contribution in [0.15, 0.2) is 48.5 Å². The Kier molecular flexibility index (Phi) is 16.5. The van der Waals surface area contributed by atoms with Crippen LogP contribution in [0.2, 0.25) is 0 Å². The topological polar surface area (TPSA) is 308 Å². The molecule has 23 heteroatoms. The fraction of sp³-hybridized carbons (Fsp3) is 0.511. The van der Waals surface area contributed by atoms with Crippen LogP contribution in [0.25, 0.3) is 0 Å². The van der Waals surface area contributed by atoms with Gasteiger partial charge in [0.25, 0.3) is 23.6 Å². The van der Waals surface area contributed by atoms with Crippen LogP contribution in [-0.2, 0) is 14.3 Å². The summed E-state index contributed by atoms with van der Waals surface area (Å²) < 4.78 is 10.6. The van der Waals surface area contributed by atoms with E-state index < -0.39 is 11.8 Å². The molecule has 9 N–H and O–H groups in total. The number of rotatable bonds is 12. The molecule has 2 aromatic carbocycles. The number of hydrogen-bond acceptors (Lipinski definition) is 18. The Morgan fingerprint density at radius 2 is 1.00 bits per heavy atom. The molecular formula is C47H62N16O7. The first kappa shape index (κ1) is 49.3. The van der Waals surface area contributed by atoms with Crippen LogP contribution in [0.5, 0.6) is 0 Å². The molecule has 0 spiro atoms. The third kappa shape index (κ3) is 12.7. The summed E-state index contributed by atoms with van der Waals surface area (Å²) in [5, 5.41) is 25.7. The summed E-state index contributed by atoms with van der Waals surface area (Å²) in [5.74, 6) is -0.181. The van der Waals surface area contributed by atoms with Gasteiger partial charge >= 0.3 is 0 Å². The predicted molar refractivity (Wildman–Crippen MR) is 259 cm³/mol. The van der Waals surface area contributed by atoms with E-state index in [1.165, 1.54) is 6.42 Å². The van der Waals surface area contributed by atoms with E-state index in [0.717, 1.165) is 57.9 Å². The third-order valence-corrected chi connectivity index (χ3v) is 13.0. The van der Waals surface area contributed by atoms with Crippen LogP contribution in [0.1, 0.15) is 99.5 Å². The largest absolute Gasteiger partial charge is 0.378 e. The second kappa shape index (κ2) is 23.5. The van der Waals surface area contributed by atoms with Gasteiger partial charge in [-0.2, -0.15) is 9.97 Å². The molecule has 372 valence electrons. The number of hydrogen-bond donors (Lipinski definition) is 6. The van der Waals surface area contributed by atoms with Gasteiger partial charge in [-0.25, -0.2) is 0 Å². The minimum atomic E-state index is -0.751. The molecule has 5 fully saturated rings. The van der Waals surface area contributed by atoms with Crippen LogP contribution >= 0.6 is 0 Å². The Bertz CT molecular complexity index is 2460. The summed E-state index contributed by atoms with van der Waals surface area (Å²) in [7, 11) is 0. The van der Waals surface area contributed by atoms with E-state index in [4.69, 9.17) is 26.7 Å². The van der Waals surface area contributed by atoms with Gasteiger partial charge in [0.2, 0.25) is 17.8 Å². The average Bonchev–Trinajstić information content (AvgIpc) is 3.39. The van der Waals surface area contributed by atoms with Crippen molar-refractivity contribution >= 4 is 64.4 Å². The standard InChI is InChI=1S/C27H36N8O4.C20H26N8O3/c28-23(36)22-24(29-20-10-8-19(9-11-20)26(38)34-13-15-39-16-14-34)31-27(33-32-22)35-12-4-7-21(17-35)30-25(37)18-5-2-1-3-6-18;21-14-2-1-7-28(12-14)20-24-18(16(17(22)29)25-26-20)23-15-5-3-13(4-6-15)19(30)27-8-10-31-11-9-27/h8-11,18,21H,1-7,12-17H2,(H2,28,36)(H,30,37)(H,29,31,33);3-6,14H,1-2,7-12,21H2,(H2,22,29)(H,23,24,26)/t21-;14-/m11/s1. The number of morpholine rings is 2. The SMILES string of the molecule is NC(=O)c1nnc(N2CCC[C@@H](N)C2)nc1Nc1ccc(C(=O)N2CCOCC2)cc1.NC(=O)c1nnc(N2CCC[C@@H](NC(=O)C3CCCCC3)C2)nc1Nc1ccc(C(=O)N2CCOCC2)cc1. The number of nitrogens with one attached hydrogen (secondary N) is 3. The molecule has 5 aliphatic rings. The number of nitrogens with two attached hydrogens (primary N) is 3. The number of anilines is 6. The number of primary amides is 2. The van der Waals surface area contributed by atoms with Crippen molar-refractivity contribution in [1.29, 1.82) is 0 Å². The van der Waals surface area contributed by atoms with Crippen molar-refractivity contribution in [3.8, 4) is 0 Å². The van der Waals surface area contributed by atoms with Gasteiger partial charge in [0.1, 0.15) is 0 Å². The maximum absolute atomic E-state index is 12.8. The Morgan fingerprint density at radius 3 is 1.46 bits per heavy atom. The van der Waals surface area contributed by atoms with Gasteiger partial charge in [-0.15, -0.1) is 20.4 Å². The van der Waals surface area contributed by atoms with Crippen LogP contribution in [0.3, 0.4) is 0 Å². The first-order valence-electron chi connectivity index (χ1n) is 24.1. The number of amides is 5. The lowest BCUT2D eigenvalue weighted by molar-refractivity contribution is -0.126. The third-order valence-electron chi connectivity index (χ3n) is 13.0. The highest BCUT2D eigenvalue weighted by atomic mass is 16.5. The van der Waals surface area contributed by atoms with Gasteiger partial charge in [0.15, 0.2) is 23.0 Å². The molecule has 6 heterocycles. The molecule has 0 bridgehead atoms. The molecule has 4 aromatic rings. The summed E-state index contributed by atoms with van der Waals surface area (Å²) in [4.78, 5) is 78.5. The van der Waals surface area contributed by atoms with Crippen LogP contribution < -0.4 is 43.0 Å². The highest BCUT2D eigenvalue weighted by Crippen LogP contribution is 2.27. The second-order valence-corrected chi connectivity index (χ2v) is 18.0. The lowest BCUT2D eigenvalue weighted by Crippen LogP contribution is -2.50. The van der Waals surface area contributed by atoms with Crippen molar-refractivity contribution in [3.63, 3.8) is 0 Å². The van der Waals surface area contributed by atoms with Gasteiger partial charge < -0.3 is 62.2 Å². The molecule has 4 saturated heterocycles. The quantitative estimate of drug-likeness (QED) is 0.118. The zero-order valence-corrected chi connectivity index (χ0v) is 39.3. The van der Waals surface area contributed by atoms with E-state index in [2.05, 4.69) is 46.3 Å². The van der Waals surface area contributed by atoms with Crippen LogP contribution in [0, 0.1) is 5.92 Å². The number of carbonyl (C=O) groups excluding carboxylic acids is 5. The van der Waals surface area contributed by atoms with E-state index in [1.807, 2.05) is 9.80 Å². The normalized spacial score (nSPS) is 19.8. The van der Waals surface area contributed by atoms with Gasteiger partial charge in [0, 0.05) is 92.9 Å². The summed E-state index contributed by atoms with van der Waals surface area (Å²) in [6.07, 6.45) is 9.00. The number of carbonyl (C=O) groups is 5. The lowest BCUT2D eigenvalue weighted by Gasteiger charge is -2.34. The molecular weight excluding hydrogens is 901 g/mol. The average molecular weight is 963 g/mol. The highest BCUT2D eigenvalue weighted by Gasteiger charge is 2.29. The zero-order valence-electron chi connectivity index (χ0n) is 39.3. The Balaban J connectivity index is 0.000000193. The van der Waals surface area contributed by atoms with Crippen molar-refractivity contribution < 1.29 is 33.4 Å². The first-order chi connectivity index (χ1) is 34.0. The van der Waals surface area contributed by atoms with Crippen LogP contribution in [0.4, 0.5) is 34.9 Å². The Hall–Kier alpha value is -7.11. The van der Waals surface area contributed by atoms with Gasteiger partial charge in [0.05, 0.1) is 26.4 Å². The minimum Gasteiger partial charge on any atom is -0.378 e. The molecule has 1 aliphatic carbocycles. The van der Waals surface area contributed by atoms with E-state index >= 15 is 0 Å². The Labute approximate surface area is 405 Å². The van der Waals surface area contributed by atoms with E-state index in [-0.39, 0.29) is 58.7 Å². The van der Waals surface area contributed by atoms with E-state index in [1.54, 1.807) is 58.3 Å². The molecule has 4 aliphatic heterocycles. The Morgan fingerprint density at radius 1 is 0.543 bits per heavy atom. The molecule has 0 radical (unpaired) electrons. The fourth-order valence-electron chi connectivity index (χ4n) is 9.12. The fourth-order valence-corrected chi connectivity index (χ4v) is 9.12. The second-order valence-electron chi connectivity index (χ2n) is 18.0. The maximum atomic E-state index is 12.8. The van der Waals surface area contributed by atoms with Crippen molar-refractivity contribution in [2.45, 2.75) is 69.9 Å². The van der Waals surface area contributed by atoms with Crippen molar-refractivity contribution in [2.24, 2.45) is 23.1 Å². The molecule has 5 amide bonds. The van der Waals surface area contributed by atoms with E-state index in [0.29, 0.717) is 107 Å². The first-order valence-corrected chi connectivity index (χ1v) is 24.1. The maximum Gasteiger partial charge on any atom is 0.273 e. The smallest absolute Gasteiger partial charge is 0.273 e. The number of benzene rings is 2.